The van der Waals surface area contributed by atoms with E-state index in [0.717, 1.165) is 17.1 Å². The van der Waals surface area contributed by atoms with Gasteiger partial charge in [-0.05, 0) is 49.9 Å². The number of nitrogens with one attached hydrogen (secondary N) is 1. The first kappa shape index (κ1) is 15.9. The van der Waals surface area contributed by atoms with Gasteiger partial charge in [0.15, 0.2) is 0 Å². The van der Waals surface area contributed by atoms with Gasteiger partial charge in [-0.1, -0.05) is 0 Å². The molecule has 1 N–H and O–H groups in total. The third-order valence-electron chi connectivity index (χ3n) is 3.40. The van der Waals surface area contributed by atoms with E-state index in [-0.39, 0.29) is 23.4 Å². The number of hydrogen-bond donors (Lipinski definition) is 1. The Labute approximate surface area is 124 Å². The molecule has 0 saturated heterocycles. The molecule has 0 radical (unpaired) electrons. The van der Waals surface area contributed by atoms with E-state index in [9.17, 15) is 17.6 Å². The summed E-state index contributed by atoms with van der Waals surface area (Å²) in [6, 6.07) is 2.54. The van der Waals surface area contributed by atoms with Crippen LogP contribution in [0.25, 0.3) is 0 Å². The molecule has 7 heteroatoms. The Balaban J connectivity index is 2.22. The minimum atomic E-state index is -3.82. The summed E-state index contributed by atoms with van der Waals surface area (Å²) in [6.07, 6.45) is 1.89. The van der Waals surface area contributed by atoms with Crippen molar-refractivity contribution in [1.82, 2.24) is 9.62 Å². The SMILES string of the molecule is Cc1cc(F)cc(C)c1S(=O)(=O)N(C)CC(=O)NC1CC1. The molecule has 0 spiro atoms. The third kappa shape index (κ3) is 3.59. The minimum absolute atomic E-state index is 0.0608. The second kappa shape index (κ2) is 5.73. The van der Waals surface area contributed by atoms with Gasteiger partial charge in [0.05, 0.1) is 11.4 Å². The van der Waals surface area contributed by atoms with Gasteiger partial charge in [-0.2, -0.15) is 4.31 Å². The van der Waals surface area contributed by atoms with Crippen molar-refractivity contribution in [2.75, 3.05) is 13.6 Å². The molecule has 1 amide bonds. The standard InChI is InChI=1S/C14H19FN2O3S/c1-9-6-11(15)7-10(2)14(9)21(19,20)17(3)8-13(18)16-12-4-5-12/h6-7,12H,4-5,8H2,1-3H3,(H,16,18). The van der Waals surface area contributed by atoms with Crippen LogP contribution in [-0.2, 0) is 14.8 Å². The second-order valence-corrected chi connectivity index (χ2v) is 7.45. The average molecular weight is 314 g/mol. The molecular formula is C14H19FN2O3S. The number of carbonyl (C=O) groups excluding carboxylic acids is 1. The maximum Gasteiger partial charge on any atom is 0.243 e. The summed E-state index contributed by atoms with van der Waals surface area (Å²) in [6.45, 7) is 2.84. The smallest absolute Gasteiger partial charge is 0.243 e. The first-order chi connectivity index (χ1) is 9.71. The lowest BCUT2D eigenvalue weighted by Crippen LogP contribution is -2.39. The van der Waals surface area contributed by atoms with Crippen LogP contribution in [0.2, 0.25) is 0 Å². The molecule has 1 aliphatic carbocycles. The van der Waals surface area contributed by atoms with Gasteiger partial charge in [-0.15, -0.1) is 0 Å². The van der Waals surface area contributed by atoms with Crippen molar-refractivity contribution in [3.8, 4) is 0 Å². The van der Waals surface area contributed by atoms with E-state index in [1.54, 1.807) is 13.8 Å². The molecule has 0 aromatic heterocycles. The van der Waals surface area contributed by atoms with Crippen LogP contribution < -0.4 is 5.32 Å². The van der Waals surface area contributed by atoms with Gasteiger partial charge in [-0.3, -0.25) is 4.79 Å². The lowest BCUT2D eigenvalue weighted by Gasteiger charge is -2.19. The third-order valence-corrected chi connectivity index (χ3v) is 5.51. The van der Waals surface area contributed by atoms with Crippen LogP contribution in [0.1, 0.15) is 24.0 Å². The van der Waals surface area contributed by atoms with Crippen molar-refractivity contribution in [1.29, 1.82) is 0 Å². The zero-order chi connectivity index (χ0) is 15.8. The highest BCUT2D eigenvalue weighted by Gasteiger charge is 2.29. The van der Waals surface area contributed by atoms with Gasteiger partial charge in [0, 0.05) is 13.1 Å². The molecule has 1 aromatic rings. The van der Waals surface area contributed by atoms with E-state index >= 15 is 0 Å². The maximum atomic E-state index is 13.3. The Hall–Kier alpha value is -1.47. The van der Waals surface area contributed by atoms with E-state index < -0.39 is 15.8 Å². The van der Waals surface area contributed by atoms with E-state index in [1.807, 2.05) is 0 Å². The Morgan fingerprint density at radius 1 is 1.33 bits per heavy atom. The van der Waals surface area contributed by atoms with Crippen LogP contribution in [0.3, 0.4) is 0 Å². The topological polar surface area (TPSA) is 66.5 Å². The highest BCUT2D eigenvalue weighted by atomic mass is 32.2. The van der Waals surface area contributed by atoms with Gasteiger partial charge in [0.1, 0.15) is 5.82 Å². The maximum absolute atomic E-state index is 13.3. The number of rotatable bonds is 5. The molecule has 1 aromatic carbocycles. The Morgan fingerprint density at radius 3 is 2.33 bits per heavy atom. The first-order valence-corrected chi connectivity index (χ1v) is 8.18. The zero-order valence-electron chi connectivity index (χ0n) is 12.3. The van der Waals surface area contributed by atoms with Crippen molar-refractivity contribution in [2.45, 2.75) is 37.6 Å². The number of benzene rings is 1. The van der Waals surface area contributed by atoms with Crippen LogP contribution in [0.15, 0.2) is 17.0 Å². The van der Waals surface area contributed by atoms with Crippen LogP contribution in [0.4, 0.5) is 4.39 Å². The number of sulfonamides is 1. The summed E-state index contributed by atoms with van der Waals surface area (Å²) in [4.78, 5) is 11.8. The molecule has 1 aliphatic rings. The molecule has 1 saturated carbocycles. The molecule has 0 bridgehead atoms. The number of hydrogen-bond acceptors (Lipinski definition) is 3. The van der Waals surface area contributed by atoms with E-state index in [0.29, 0.717) is 11.1 Å². The summed E-state index contributed by atoms with van der Waals surface area (Å²) < 4.78 is 39.4. The summed E-state index contributed by atoms with van der Waals surface area (Å²) in [7, 11) is -2.47. The van der Waals surface area contributed by atoms with Crippen molar-refractivity contribution in [3.63, 3.8) is 0 Å². The summed E-state index contributed by atoms with van der Waals surface area (Å²) in [5, 5.41) is 2.74. The monoisotopic (exact) mass is 314 g/mol. The van der Waals surface area contributed by atoms with Crippen molar-refractivity contribution < 1.29 is 17.6 Å². The second-order valence-electron chi connectivity index (χ2n) is 5.47. The van der Waals surface area contributed by atoms with Gasteiger partial charge in [0.25, 0.3) is 0 Å². The van der Waals surface area contributed by atoms with Gasteiger partial charge < -0.3 is 5.32 Å². The Morgan fingerprint density at radius 2 is 1.86 bits per heavy atom. The van der Waals surface area contributed by atoms with Crippen LogP contribution in [0.5, 0.6) is 0 Å². The molecule has 0 aliphatic heterocycles. The fraction of sp³-hybridized carbons (Fsp3) is 0.500. The molecule has 2 rings (SSSR count). The number of amides is 1. The largest absolute Gasteiger partial charge is 0.352 e. The number of nitrogens with zero attached hydrogens (tertiary/aromatic N) is 1. The predicted molar refractivity (Wildman–Crippen MR) is 76.9 cm³/mol. The highest BCUT2D eigenvalue weighted by Crippen LogP contribution is 2.24. The number of likely N-dealkylation sites (N-methyl/N-ethyl adjacent to an activating group) is 1. The lowest BCUT2D eigenvalue weighted by molar-refractivity contribution is -0.121. The molecule has 0 atom stereocenters. The predicted octanol–water partition coefficient (Wildman–Crippen LogP) is 1.34. The quantitative estimate of drug-likeness (QED) is 0.892. The molecule has 0 unspecified atom stereocenters. The number of halogens is 1. The van der Waals surface area contributed by atoms with Crippen molar-refractivity contribution in [3.05, 3.63) is 29.1 Å². The molecule has 1 fully saturated rings. The van der Waals surface area contributed by atoms with Crippen molar-refractivity contribution >= 4 is 15.9 Å². The molecule has 0 heterocycles. The number of aryl methyl sites for hydroxylation is 2. The summed E-state index contributed by atoms with van der Waals surface area (Å²) in [5.74, 6) is -0.793. The van der Waals surface area contributed by atoms with Gasteiger partial charge >= 0.3 is 0 Å². The highest BCUT2D eigenvalue weighted by molar-refractivity contribution is 7.89. The Bertz CT molecular complexity index is 646. The molecule has 116 valence electrons. The zero-order valence-corrected chi connectivity index (χ0v) is 13.1. The normalized spacial score (nSPS) is 15.3. The van der Waals surface area contributed by atoms with Crippen LogP contribution in [0, 0.1) is 19.7 Å². The van der Waals surface area contributed by atoms with Crippen LogP contribution >= 0.6 is 0 Å². The van der Waals surface area contributed by atoms with E-state index in [4.69, 9.17) is 0 Å². The summed E-state index contributed by atoms with van der Waals surface area (Å²) >= 11 is 0. The van der Waals surface area contributed by atoms with Crippen molar-refractivity contribution in [2.24, 2.45) is 0 Å². The Kier molecular flexibility index (Phi) is 4.34. The fourth-order valence-electron chi connectivity index (χ4n) is 2.25. The van der Waals surface area contributed by atoms with E-state index in [1.165, 1.54) is 19.2 Å². The first-order valence-electron chi connectivity index (χ1n) is 6.74. The minimum Gasteiger partial charge on any atom is -0.352 e. The molecular weight excluding hydrogens is 295 g/mol. The summed E-state index contributed by atoms with van der Waals surface area (Å²) in [5.41, 5.74) is 0.670. The molecule has 5 nitrogen and oxygen atoms in total. The average Bonchev–Trinajstić information content (AvgIpc) is 3.10. The van der Waals surface area contributed by atoms with Gasteiger partial charge in [0.2, 0.25) is 15.9 Å². The number of carbonyl (C=O) groups is 1. The molecule has 21 heavy (non-hydrogen) atoms. The van der Waals surface area contributed by atoms with Crippen LogP contribution in [-0.4, -0.2) is 38.3 Å². The lowest BCUT2D eigenvalue weighted by atomic mass is 10.1. The fourth-order valence-corrected chi connectivity index (χ4v) is 3.78. The van der Waals surface area contributed by atoms with Gasteiger partial charge in [-0.25, -0.2) is 12.8 Å². The van der Waals surface area contributed by atoms with E-state index in [2.05, 4.69) is 5.32 Å².